The number of allylic oxidation sites excluding steroid dienone is 1. The first-order chi connectivity index (χ1) is 15.0. The van der Waals surface area contributed by atoms with Crippen LogP contribution in [-0.2, 0) is 4.79 Å². The summed E-state index contributed by atoms with van der Waals surface area (Å²) in [6.07, 6.45) is 11.9. The first kappa shape index (κ1) is 23.1. The standard InChI is InChI=1S/C29H46O3/c1-17(21-14-19(21)3)6-7-18(2)23-8-9-24-22-15-26(31)29(32)16-20(30)10-13-28(29,5)25(22)11-12-27(23,24)4/h15,17-21,23-25,30,32H,6-14,16H2,1-5H3/t17-,18-,19-,20+,21+,23-,24+,25+,27-,28-,29+/m1/s1. The third-order valence-electron chi connectivity index (χ3n) is 11.8. The van der Waals surface area contributed by atoms with Gasteiger partial charge in [0.25, 0.3) is 0 Å². The van der Waals surface area contributed by atoms with E-state index in [4.69, 9.17) is 0 Å². The molecule has 0 aromatic carbocycles. The zero-order valence-electron chi connectivity index (χ0n) is 21.1. The molecule has 0 aromatic rings. The van der Waals surface area contributed by atoms with Gasteiger partial charge >= 0.3 is 0 Å². The molecule has 180 valence electrons. The second kappa shape index (κ2) is 7.67. The number of carbonyl (C=O) groups is 1. The highest BCUT2D eigenvalue weighted by atomic mass is 16.3. The Labute approximate surface area is 195 Å². The summed E-state index contributed by atoms with van der Waals surface area (Å²) in [7, 11) is 0. The fourth-order valence-electron chi connectivity index (χ4n) is 9.41. The summed E-state index contributed by atoms with van der Waals surface area (Å²) < 4.78 is 0. The fourth-order valence-corrected chi connectivity index (χ4v) is 9.41. The molecule has 4 fully saturated rings. The maximum Gasteiger partial charge on any atom is 0.187 e. The molecule has 0 amide bonds. The van der Waals surface area contributed by atoms with Crippen LogP contribution in [0.4, 0.5) is 0 Å². The van der Waals surface area contributed by atoms with Gasteiger partial charge in [-0.1, -0.05) is 53.0 Å². The molecule has 0 radical (unpaired) electrons. The number of ketones is 1. The molecule has 2 N–H and O–H groups in total. The van der Waals surface area contributed by atoms with Crippen LogP contribution in [0.3, 0.4) is 0 Å². The predicted molar refractivity (Wildman–Crippen MR) is 128 cm³/mol. The van der Waals surface area contributed by atoms with Crippen LogP contribution in [0, 0.1) is 52.3 Å². The molecule has 5 aliphatic rings. The molecule has 5 rings (SSSR count). The molecule has 5 aliphatic carbocycles. The normalized spacial score (nSPS) is 51.8. The molecule has 0 unspecified atom stereocenters. The van der Waals surface area contributed by atoms with Crippen molar-refractivity contribution in [2.24, 2.45) is 52.3 Å². The van der Waals surface area contributed by atoms with E-state index in [9.17, 15) is 15.0 Å². The van der Waals surface area contributed by atoms with Gasteiger partial charge in [0, 0.05) is 11.8 Å². The van der Waals surface area contributed by atoms with Crippen molar-refractivity contribution >= 4 is 5.78 Å². The van der Waals surface area contributed by atoms with Crippen molar-refractivity contribution in [1.29, 1.82) is 0 Å². The van der Waals surface area contributed by atoms with Crippen LogP contribution >= 0.6 is 0 Å². The number of hydrogen-bond donors (Lipinski definition) is 2. The minimum Gasteiger partial charge on any atom is -0.393 e. The molecule has 0 aliphatic heterocycles. The first-order valence-corrected chi connectivity index (χ1v) is 13.7. The van der Waals surface area contributed by atoms with Gasteiger partial charge in [0.1, 0.15) is 5.60 Å². The lowest BCUT2D eigenvalue weighted by atomic mass is 9.46. The van der Waals surface area contributed by atoms with Crippen LogP contribution in [0.2, 0.25) is 0 Å². The molecule has 0 saturated heterocycles. The van der Waals surface area contributed by atoms with E-state index in [0.29, 0.717) is 18.3 Å². The van der Waals surface area contributed by atoms with E-state index >= 15 is 0 Å². The van der Waals surface area contributed by atoms with E-state index in [-0.39, 0.29) is 17.6 Å². The van der Waals surface area contributed by atoms with Gasteiger partial charge in [0.2, 0.25) is 0 Å². The van der Waals surface area contributed by atoms with Crippen LogP contribution < -0.4 is 0 Å². The van der Waals surface area contributed by atoms with Crippen LogP contribution in [-0.4, -0.2) is 27.7 Å². The summed E-state index contributed by atoms with van der Waals surface area (Å²) in [5.41, 5.74) is -0.150. The molecule has 0 aromatic heterocycles. The molecular weight excluding hydrogens is 396 g/mol. The second-order valence-electron chi connectivity index (χ2n) is 13.4. The third kappa shape index (κ3) is 3.23. The second-order valence-corrected chi connectivity index (χ2v) is 13.4. The highest BCUT2D eigenvalue weighted by Gasteiger charge is 2.65. The highest BCUT2D eigenvalue weighted by molar-refractivity contribution is 5.99. The summed E-state index contributed by atoms with van der Waals surface area (Å²) in [5.74, 6) is 4.93. The van der Waals surface area contributed by atoms with Crippen LogP contribution in [0.15, 0.2) is 11.6 Å². The molecular formula is C29H46O3. The molecule has 3 heteroatoms. The molecule has 32 heavy (non-hydrogen) atoms. The third-order valence-corrected chi connectivity index (χ3v) is 11.8. The van der Waals surface area contributed by atoms with Gasteiger partial charge < -0.3 is 10.2 Å². The Morgan fingerprint density at radius 1 is 1.03 bits per heavy atom. The van der Waals surface area contributed by atoms with Crippen molar-refractivity contribution in [2.75, 3.05) is 0 Å². The van der Waals surface area contributed by atoms with E-state index in [0.717, 1.165) is 42.4 Å². The monoisotopic (exact) mass is 442 g/mol. The zero-order chi connectivity index (χ0) is 23.1. The smallest absolute Gasteiger partial charge is 0.187 e. The first-order valence-electron chi connectivity index (χ1n) is 13.7. The maximum absolute atomic E-state index is 13.3. The fraction of sp³-hybridized carbons (Fsp3) is 0.897. The van der Waals surface area contributed by atoms with Crippen LogP contribution in [0.25, 0.3) is 0 Å². The van der Waals surface area contributed by atoms with Crippen molar-refractivity contribution in [1.82, 2.24) is 0 Å². The summed E-state index contributed by atoms with van der Waals surface area (Å²) >= 11 is 0. The number of aliphatic hydroxyl groups excluding tert-OH is 1. The van der Waals surface area contributed by atoms with Gasteiger partial charge in [0.05, 0.1) is 6.10 Å². The number of carbonyl (C=O) groups excluding carboxylic acids is 1. The lowest BCUT2D eigenvalue weighted by Crippen LogP contribution is -2.64. The van der Waals surface area contributed by atoms with Crippen molar-refractivity contribution in [3.05, 3.63) is 11.6 Å². The molecule has 11 atom stereocenters. The van der Waals surface area contributed by atoms with Crippen LogP contribution in [0.5, 0.6) is 0 Å². The number of fused-ring (bicyclic) bond motifs is 5. The summed E-state index contributed by atoms with van der Waals surface area (Å²) in [6.45, 7) is 12.0. The average molecular weight is 443 g/mol. The molecule has 4 saturated carbocycles. The van der Waals surface area contributed by atoms with E-state index in [1.807, 2.05) is 6.08 Å². The number of hydrogen-bond acceptors (Lipinski definition) is 3. The molecule has 0 bridgehead atoms. The Morgan fingerprint density at radius 3 is 2.41 bits per heavy atom. The van der Waals surface area contributed by atoms with Crippen molar-refractivity contribution in [3.8, 4) is 0 Å². The lowest BCUT2D eigenvalue weighted by Gasteiger charge is -2.60. The van der Waals surface area contributed by atoms with E-state index in [1.165, 1.54) is 44.1 Å². The van der Waals surface area contributed by atoms with Gasteiger partial charge in [-0.25, -0.2) is 0 Å². The summed E-state index contributed by atoms with van der Waals surface area (Å²) in [5, 5.41) is 21.7. The van der Waals surface area contributed by atoms with Gasteiger partial charge in [-0.2, -0.15) is 0 Å². The summed E-state index contributed by atoms with van der Waals surface area (Å²) in [6, 6.07) is 0. The van der Waals surface area contributed by atoms with Gasteiger partial charge in [0.15, 0.2) is 5.78 Å². The van der Waals surface area contributed by atoms with Gasteiger partial charge in [-0.15, -0.1) is 0 Å². The van der Waals surface area contributed by atoms with Crippen LogP contribution in [0.1, 0.15) is 98.8 Å². The maximum atomic E-state index is 13.3. The Kier molecular flexibility index (Phi) is 5.53. The van der Waals surface area contributed by atoms with Crippen molar-refractivity contribution in [2.45, 2.75) is 111 Å². The minimum absolute atomic E-state index is 0.127. The van der Waals surface area contributed by atoms with E-state index < -0.39 is 17.1 Å². The van der Waals surface area contributed by atoms with Crippen molar-refractivity contribution < 1.29 is 15.0 Å². The molecule has 0 heterocycles. The predicted octanol–water partition coefficient (Wildman–Crippen LogP) is 5.93. The molecule has 3 nitrogen and oxygen atoms in total. The Morgan fingerprint density at radius 2 is 1.72 bits per heavy atom. The Hall–Kier alpha value is -0.670. The SMILES string of the molecule is C[C@H](CC[C@@H](C)[C@H]1CC[C@H]2C3=CC(=O)[C@@]4(O)C[C@@H](O)CC[C@]4(C)[C@H]3CC[C@]12C)[C@@H]1C[C@H]1C. The number of rotatable bonds is 5. The summed E-state index contributed by atoms with van der Waals surface area (Å²) in [4.78, 5) is 13.3. The topological polar surface area (TPSA) is 57.5 Å². The van der Waals surface area contributed by atoms with E-state index in [2.05, 4.69) is 34.6 Å². The minimum atomic E-state index is -1.38. The molecule has 0 spiro atoms. The Bertz CT molecular complexity index is 802. The van der Waals surface area contributed by atoms with Gasteiger partial charge in [-0.05, 0) is 97.9 Å². The van der Waals surface area contributed by atoms with Gasteiger partial charge in [-0.3, -0.25) is 4.79 Å². The average Bonchev–Trinajstić information content (AvgIpc) is 3.36. The largest absolute Gasteiger partial charge is 0.393 e. The Balaban J connectivity index is 1.35. The van der Waals surface area contributed by atoms with E-state index in [1.54, 1.807) is 0 Å². The quantitative estimate of drug-likeness (QED) is 0.555. The number of aliphatic hydroxyl groups is 2. The van der Waals surface area contributed by atoms with Crippen molar-refractivity contribution in [3.63, 3.8) is 0 Å². The zero-order valence-corrected chi connectivity index (χ0v) is 21.1. The highest BCUT2D eigenvalue weighted by Crippen LogP contribution is 2.67. The lowest BCUT2D eigenvalue weighted by molar-refractivity contribution is -0.180.